The Morgan fingerprint density at radius 1 is 1.19 bits per heavy atom. The number of hydrogen-bond acceptors (Lipinski definition) is 7. The lowest BCUT2D eigenvalue weighted by atomic mass is 10.2. The molecule has 0 amide bonds. The van der Waals surface area contributed by atoms with Crippen LogP contribution in [0.3, 0.4) is 0 Å². The molecule has 2 aromatic carbocycles. The summed E-state index contributed by atoms with van der Waals surface area (Å²) in [6, 6.07) is 13.5. The van der Waals surface area contributed by atoms with Crippen molar-refractivity contribution in [1.29, 1.82) is 0 Å². The fourth-order valence-electron chi connectivity index (χ4n) is 2.98. The monoisotopic (exact) mass is 442 g/mol. The van der Waals surface area contributed by atoms with Gasteiger partial charge in [0.2, 0.25) is 15.9 Å². The summed E-state index contributed by atoms with van der Waals surface area (Å²) < 4.78 is 44.0. The van der Waals surface area contributed by atoms with Crippen LogP contribution in [0.5, 0.6) is 5.75 Å². The van der Waals surface area contributed by atoms with Crippen molar-refractivity contribution in [1.82, 2.24) is 9.71 Å². The van der Waals surface area contributed by atoms with E-state index in [1.54, 1.807) is 6.92 Å². The number of oxazole rings is 1. The number of benzene rings is 2. The standard InChI is InChI=1S/C22H22N2O6S/c1-14-18(23-21(30-14)15-6-4-3-5-7-15)13-29-22(25)16-8-11-19(28-2)20(12-16)31(26,27)24-17-9-10-17/h3-8,11-12,17,24H,9-10,13H2,1-2H3. The van der Waals surface area contributed by atoms with Crippen LogP contribution >= 0.6 is 0 Å². The Morgan fingerprint density at radius 3 is 2.61 bits per heavy atom. The molecule has 0 spiro atoms. The minimum atomic E-state index is -3.81. The molecule has 0 bridgehead atoms. The number of nitrogens with one attached hydrogen (secondary N) is 1. The van der Waals surface area contributed by atoms with Crippen molar-refractivity contribution in [2.45, 2.75) is 37.3 Å². The molecule has 31 heavy (non-hydrogen) atoms. The van der Waals surface area contributed by atoms with E-state index in [4.69, 9.17) is 13.9 Å². The maximum absolute atomic E-state index is 12.6. The number of rotatable bonds is 8. The fourth-order valence-corrected chi connectivity index (χ4v) is 4.48. The van der Waals surface area contributed by atoms with Crippen LogP contribution < -0.4 is 9.46 Å². The summed E-state index contributed by atoms with van der Waals surface area (Å²) in [6.45, 7) is 1.64. The zero-order valence-electron chi connectivity index (χ0n) is 17.1. The summed E-state index contributed by atoms with van der Waals surface area (Å²) in [4.78, 5) is 16.9. The maximum atomic E-state index is 12.6. The van der Waals surface area contributed by atoms with Crippen LogP contribution in [0.25, 0.3) is 11.5 Å². The number of ether oxygens (including phenoxy) is 2. The predicted molar refractivity (Wildman–Crippen MR) is 112 cm³/mol. The Morgan fingerprint density at radius 2 is 1.94 bits per heavy atom. The molecule has 0 unspecified atom stereocenters. The van der Waals surface area contributed by atoms with Crippen LogP contribution in [0.4, 0.5) is 0 Å². The Hall–Kier alpha value is -3.17. The van der Waals surface area contributed by atoms with Crippen LogP contribution in [0.2, 0.25) is 0 Å². The zero-order chi connectivity index (χ0) is 22.0. The third-order valence-electron chi connectivity index (χ3n) is 4.84. The first-order valence-electron chi connectivity index (χ1n) is 9.76. The van der Waals surface area contributed by atoms with Gasteiger partial charge in [0.25, 0.3) is 0 Å². The molecule has 1 aliphatic rings. The molecular weight excluding hydrogens is 420 g/mol. The van der Waals surface area contributed by atoms with Gasteiger partial charge in [0, 0.05) is 11.6 Å². The maximum Gasteiger partial charge on any atom is 0.338 e. The number of carbonyl (C=O) groups is 1. The van der Waals surface area contributed by atoms with Gasteiger partial charge in [-0.1, -0.05) is 18.2 Å². The molecule has 0 atom stereocenters. The van der Waals surface area contributed by atoms with Gasteiger partial charge in [0.1, 0.15) is 28.7 Å². The third-order valence-corrected chi connectivity index (χ3v) is 6.38. The van der Waals surface area contributed by atoms with Gasteiger partial charge >= 0.3 is 5.97 Å². The largest absolute Gasteiger partial charge is 0.495 e. The van der Waals surface area contributed by atoms with Crippen LogP contribution in [0.1, 0.15) is 34.7 Å². The van der Waals surface area contributed by atoms with E-state index in [1.807, 2.05) is 30.3 Å². The number of carbonyl (C=O) groups excluding carboxylic acids is 1. The van der Waals surface area contributed by atoms with E-state index in [0.717, 1.165) is 18.4 Å². The lowest BCUT2D eigenvalue weighted by Gasteiger charge is -2.12. The van der Waals surface area contributed by atoms with E-state index in [1.165, 1.54) is 25.3 Å². The molecule has 4 rings (SSSR count). The van der Waals surface area contributed by atoms with Crippen molar-refractivity contribution in [3.63, 3.8) is 0 Å². The molecule has 0 radical (unpaired) electrons. The molecular formula is C22H22N2O6S. The minimum absolute atomic E-state index is 0.0701. The average Bonchev–Trinajstić information content (AvgIpc) is 3.50. The zero-order valence-corrected chi connectivity index (χ0v) is 17.9. The van der Waals surface area contributed by atoms with Crippen molar-refractivity contribution in [3.8, 4) is 17.2 Å². The molecule has 1 aliphatic carbocycles. The van der Waals surface area contributed by atoms with Crippen LogP contribution in [-0.2, 0) is 21.4 Å². The van der Waals surface area contributed by atoms with E-state index in [0.29, 0.717) is 17.3 Å². The first kappa shape index (κ1) is 21.1. The van der Waals surface area contributed by atoms with Crippen molar-refractivity contribution in [2.24, 2.45) is 0 Å². The van der Waals surface area contributed by atoms with E-state index in [9.17, 15) is 13.2 Å². The molecule has 3 aromatic rings. The van der Waals surface area contributed by atoms with Crippen molar-refractivity contribution >= 4 is 16.0 Å². The average molecular weight is 442 g/mol. The molecule has 0 saturated heterocycles. The second kappa shape index (κ2) is 8.52. The van der Waals surface area contributed by atoms with Crippen molar-refractivity contribution < 1.29 is 27.1 Å². The minimum Gasteiger partial charge on any atom is -0.495 e. The molecule has 8 nitrogen and oxygen atoms in total. The topological polar surface area (TPSA) is 108 Å². The summed E-state index contributed by atoms with van der Waals surface area (Å²) in [5.74, 6) is 0.463. The van der Waals surface area contributed by atoms with Gasteiger partial charge in [-0.05, 0) is 50.1 Å². The lowest BCUT2D eigenvalue weighted by molar-refractivity contribution is 0.0466. The highest BCUT2D eigenvalue weighted by Gasteiger charge is 2.30. The summed E-state index contributed by atoms with van der Waals surface area (Å²) in [7, 11) is -2.43. The van der Waals surface area contributed by atoms with Crippen molar-refractivity contribution in [3.05, 3.63) is 65.5 Å². The summed E-state index contributed by atoms with van der Waals surface area (Å²) >= 11 is 0. The van der Waals surface area contributed by atoms with Crippen LogP contribution in [0.15, 0.2) is 57.8 Å². The van der Waals surface area contributed by atoms with Gasteiger partial charge in [-0.15, -0.1) is 0 Å². The van der Waals surface area contributed by atoms with Gasteiger partial charge in [0.05, 0.1) is 12.7 Å². The molecule has 1 saturated carbocycles. The highest BCUT2D eigenvalue weighted by molar-refractivity contribution is 7.89. The first-order chi connectivity index (χ1) is 14.9. The Balaban J connectivity index is 1.50. The molecule has 1 aromatic heterocycles. The molecule has 1 N–H and O–H groups in total. The SMILES string of the molecule is COc1ccc(C(=O)OCc2nc(-c3ccccc3)oc2C)cc1S(=O)(=O)NC1CC1. The number of nitrogens with zero attached hydrogens (tertiary/aromatic N) is 1. The predicted octanol–water partition coefficient (Wildman–Crippen LogP) is 3.46. The highest BCUT2D eigenvalue weighted by atomic mass is 32.2. The van der Waals surface area contributed by atoms with E-state index < -0.39 is 16.0 Å². The van der Waals surface area contributed by atoms with E-state index in [-0.39, 0.29) is 28.9 Å². The number of aryl methyl sites for hydroxylation is 1. The number of methoxy groups -OCH3 is 1. The second-order valence-electron chi connectivity index (χ2n) is 7.23. The van der Waals surface area contributed by atoms with Gasteiger partial charge in [-0.3, -0.25) is 0 Å². The first-order valence-corrected chi connectivity index (χ1v) is 11.2. The smallest absolute Gasteiger partial charge is 0.338 e. The molecule has 9 heteroatoms. The number of sulfonamides is 1. The highest BCUT2D eigenvalue weighted by Crippen LogP contribution is 2.29. The van der Waals surface area contributed by atoms with Gasteiger partial charge in [-0.25, -0.2) is 22.9 Å². The lowest BCUT2D eigenvalue weighted by Crippen LogP contribution is -2.26. The third kappa shape index (κ3) is 4.78. The van der Waals surface area contributed by atoms with Gasteiger partial charge in [0.15, 0.2) is 0 Å². The summed E-state index contributed by atoms with van der Waals surface area (Å²) in [5.41, 5.74) is 1.40. The van der Waals surface area contributed by atoms with Gasteiger partial charge in [-0.2, -0.15) is 0 Å². The molecule has 0 aliphatic heterocycles. The number of esters is 1. The quantitative estimate of drug-likeness (QED) is 0.532. The van der Waals surface area contributed by atoms with Crippen molar-refractivity contribution in [2.75, 3.05) is 7.11 Å². The van der Waals surface area contributed by atoms with Crippen LogP contribution in [-0.4, -0.2) is 32.5 Å². The number of aromatic nitrogens is 1. The molecule has 1 heterocycles. The summed E-state index contributed by atoms with van der Waals surface area (Å²) in [5, 5.41) is 0. The van der Waals surface area contributed by atoms with E-state index in [2.05, 4.69) is 9.71 Å². The second-order valence-corrected chi connectivity index (χ2v) is 8.91. The molecule has 1 fully saturated rings. The summed E-state index contributed by atoms with van der Waals surface area (Å²) in [6.07, 6.45) is 1.59. The Kier molecular flexibility index (Phi) is 5.79. The molecule has 162 valence electrons. The normalized spacial score (nSPS) is 13.7. The fraction of sp³-hybridized carbons (Fsp3) is 0.273. The van der Waals surface area contributed by atoms with Crippen LogP contribution in [0, 0.1) is 6.92 Å². The Bertz CT molecular complexity index is 1200. The van der Waals surface area contributed by atoms with E-state index >= 15 is 0 Å². The Labute approximate surface area is 180 Å². The number of hydrogen-bond donors (Lipinski definition) is 1. The van der Waals surface area contributed by atoms with Gasteiger partial charge < -0.3 is 13.9 Å².